The van der Waals surface area contributed by atoms with Gasteiger partial charge in [0.25, 0.3) is 0 Å². The van der Waals surface area contributed by atoms with Crippen molar-refractivity contribution < 1.29 is 9.26 Å². The van der Waals surface area contributed by atoms with Gasteiger partial charge in [0.15, 0.2) is 0 Å². The van der Waals surface area contributed by atoms with E-state index < -0.39 is 0 Å². The molecule has 3 aromatic rings. The molecule has 4 nitrogen and oxygen atoms in total. The summed E-state index contributed by atoms with van der Waals surface area (Å²) < 4.78 is 10.5. The third kappa shape index (κ3) is 4.36. The van der Waals surface area contributed by atoms with Crippen LogP contribution in [0.25, 0.3) is 11.4 Å². The van der Waals surface area contributed by atoms with E-state index in [2.05, 4.69) is 34.4 Å². The predicted molar refractivity (Wildman–Crippen MR) is 92.6 cm³/mol. The summed E-state index contributed by atoms with van der Waals surface area (Å²) in [5.74, 6) is 4.07. The molecule has 0 aliphatic rings. The van der Waals surface area contributed by atoms with E-state index in [9.17, 15) is 0 Å². The first-order chi connectivity index (χ1) is 11.3. The summed E-state index contributed by atoms with van der Waals surface area (Å²) in [6.45, 7) is 0. The fraction of sp³-hybridized carbons (Fsp3) is 0.222. The van der Waals surface area contributed by atoms with Crippen LogP contribution in [0.3, 0.4) is 0 Å². The summed E-state index contributed by atoms with van der Waals surface area (Å²) in [6, 6.07) is 18.1. The Morgan fingerprint density at radius 1 is 1.04 bits per heavy atom. The van der Waals surface area contributed by atoms with Gasteiger partial charge in [-0.3, -0.25) is 0 Å². The Kier molecular flexibility index (Phi) is 5.32. The van der Waals surface area contributed by atoms with Gasteiger partial charge >= 0.3 is 0 Å². The Labute approximate surface area is 139 Å². The van der Waals surface area contributed by atoms with Crippen LogP contribution in [0, 0.1) is 0 Å². The van der Waals surface area contributed by atoms with Crippen LogP contribution in [0.5, 0.6) is 5.75 Å². The molecule has 0 bridgehead atoms. The van der Waals surface area contributed by atoms with Gasteiger partial charge in [0, 0.05) is 23.5 Å². The minimum absolute atomic E-state index is 0.621. The Bertz CT molecular complexity index is 726. The van der Waals surface area contributed by atoms with E-state index in [-0.39, 0.29) is 0 Å². The van der Waals surface area contributed by atoms with E-state index in [1.54, 1.807) is 7.11 Å². The summed E-state index contributed by atoms with van der Waals surface area (Å²) in [5.41, 5.74) is 2.26. The molecule has 5 heteroatoms. The van der Waals surface area contributed by atoms with Crippen LogP contribution >= 0.6 is 11.8 Å². The van der Waals surface area contributed by atoms with Gasteiger partial charge in [-0.05, 0) is 29.8 Å². The first-order valence-electron chi connectivity index (χ1n) is 7.44. The van der Waals surface area contributed by atoms with Crippen molar-refractivity contribution in [3.63, 3.8) is 0 Å². The third-order valence-electron chi connectivity index (χ3n) is 3.39. The second kappa shape index (κ2) is 7.83. The molecule has 2 aromatic carbocycles. The Hall–Kier alpha value is -2.27. The fourth-order valence-corrected chi connectivity index (χ4v) is 3.03. The molecular weight excluding hydrogens is 308 g/mol. The van der Waals surface area contributed by atoms with E-state index in [0.717, 1.165) is 29.2 Å². The van der Waals surface area contributed by atoms with E-state index >= 15 is 0 Å². The molecule has 0 radical (unpaired) electrons. The van der Waals surface area contributed by atoms with Gasteiger partial charge < -0.3 is 9.26 Å². The van der Waals surface area contributed by atoms with Crippen molar-refractivity contribution in [2.45, 2.75) is 12.2 Å². The molecular formula is C18H18N2O2S. The van der Waals surface area contributed by atoms with Crippen molar-refractivity contribution in [2.75, 3.05) is 12.9 Å². The first kappa shape index (κ1) is 15.6. The van der Waals surface area contributed by atoms with E-state index in [0.29, 0.717) is 11.7 Å². The molecule has 1 heterocycles. The van der Waals surface area contributed by atoms with Gasteiger partial charge in [-0.2, -0.15) is 16.7 Å². The summed E-state index contributed by atoms with van der Waals surface area (Å²) in [4.78, 5) is 4.45. The monoisotopic (exact) mass is 326 g/mol. The lowest BCUT2D eigenvalue weighted by Crippen LogP contribution is -1.90. The minimum atomic E-state index is 0.621. The third-order valence-corrected chi connectivity index (χ3v) is 4.42. The maximum absolute atomic E-state index is 5.32. The van der Waals surface area contributed by atoms with Crippen molar-refractivity contribution in [2.24, 2.45) is 0 Å². The molecule has 118 valence electrons. The van der Waals surface area contributed by atoms with Crippen LogP contribution in [0.15, 0.2) is 59.1 Å². The highest BCUT2D eigenvalue weighted by Crippen LogP contribution is 2.20. The largest absolute Gasteiger partial charge is 0.497 e. The van der Waals surface area contributed by atoms with Crippen LogP contribution in [0.4, 0.5) is 0 Å². The zero-order chi connectivity index (χ0) is 15.9. The average Bonchev–Trinajstić information content (AvgIpc) is 3.09. The molecule has 0 saturated carbocycles. The molecule has 0 saturated heterocycles. The summed E-state index contributed by atoms with van der Waals surface area (Å²) in [7, 11) is 1.65. The van der Waals surface area contributed by atoms with Crippen molar-refractivity contribution in [1.82, 2.24) is 10.1 Å². The lowest BCUT2D eigenvalue weighted by atomic mass is 10.2. The maximum atomic E-state index is 5.32. The van der Waals surface area contributed by atoms with Crippen LogP contribution in [-0.2, 0) is 12.2 Å². The second-order valence-corrected chi connectivity index (χ2v) is 6.13. The maximum Gasteiger partial charge on any atom is 0.227 e. The second-order valence-electron chi connectivity index (χ2n) is 5.03. The molecule has 23 heavy (non-hydrogen) atoms. The lowest BCUT2D eigenvalue weighted by molar-refractivity contribution is 0.383. The molecule has 1 aromatic heterocycles. The van der Waals surface area contributed by atoms with Crippen molar-refractivity contribution in [3.8, 4) is 17.1 Å². The number of aromatic nitrogens is 2. The van der Waals surface area contributed by atoms with Gasteiger partial charge in [-0.1, -0.05) is 35.5 Å². The van der Waals surface area contributed by atoms with Crippen LogP contribution in [-0.4, -0.2) is 23.0 Å². The molecule has 0 spiro atoms. The van der Waals surface area contributed by atoms with Gasteiger partial charge in [0.05, 0.1) is 7.11 Å². The summed E-state index contributed by atoms with van der Waals surface area (Å²) in [6.07, 6.45) is 0.778. The normalized spacial score (nSPS) is 10.7. The number of hydrogen-bond acceptors (Lipinski definition) is 5. The van der Waals surface area contributed by atoms with Gasteiger partial charge in [0.2, 0.25) is 11.7 Å². The molecule has 0 fully saturated rings. The van der Waals surface area contributed by atoms with Gasteiger partial charge in [-0.25, -0.2) is 0 Å². The molecule has 0 atom stereocenters. The number of thioether (sulfide) groups is 1. The standard InChI is InChI=1S/C18H18N2O2S/c1-21-16-9-7-15(8-10-16)18-19-17(22-20-18)11-12-23-13-14-5-3-2-4-6-14/h2-10H,11-13H2,1H3. The van der Waals surface area contributed by atoms with Gasteiger partial charge in [-0.15, -0.1) is 0 Å². The predicted octanol–water partition coefficient (Wildman–Crippen LogP) is 4.22. The van der Waals surface area contributed by atoms with E-state index in [4.69, 9.17) is 9.26 Å². The summed E-state index contributed by atoms with van der Waals surface area (Å²) >= 11 is 1.87. The molecule has 3 rings (SSSR count). The van der Waals surface area contributed by atoms with Crippen molar-refractivity contribution in [1.29, 1.82) is 0 Å². The SMILES string of the molecule is COc1ccc(-c2noc(CCSCc3ccccc3)n2)cc1. The van der Waals surface area contributed by atoms with Crippen molar-refractivity contribution in [3.05, 3.63) is 66.1 Å². The average molecular weight is 326 g/mol. The first-order valence-corrected chi connectivity index (χ1v) is 8.59. The molecule has 0 aliphatic heterocycles. The van der Waals surface area contributed by atoms with Crippen molar-refractivity contribution >= 4 is 11.8 Å². The number of hydrogen-bond donors (Lipinski definition) is 0. The number of aryl methyl sites for hydroxylation is 1. The topological polar surface area (TPSA) is 48.2 Å². The van der Waals surface area contributed by atoms with E-state index in [1.807, 2.05) is 42.1 Å². The highest BCUT2D eigenvalue weighted by molar-refractivity contribution is 7.98. The Morgan fingerprint density at radius 2 is 1.83 bits per heavy atom. The number of benzene rings is 2. The Balaban J connectivity index is 1.51. The highest BCUT2D eigenvalue weighted by Gasteiger charge is 2.08. The minimum Gasteiger partial charge on any atom is -0.497 e. The fourth-order valence-electron chi connectivity index (χ4n) is 2.14. The van der Waals surface area contributed by atoms with Crippen LogP contribution in [0.1, 0.15) is 11.5 Å². The van der Waals surface area contributed by atoms with Crippen LogP contribution in [0.2, 0.25) is 0 Å². The molecule has 0 aliphatic carbocycles. The lowest BCUT2D eigenvalue weighted by Gasteiger charge is -1.99. The number of rotatable bonds is 7. The number of nitrogens with zero attached hydrogens (tertiary/aromatic N) is 2. The van der Waals surface area contributed by atoms with Crippen LogP contribution < -0.4 is 4.74 Å². The highest BCUT2D eigenvalue weighted by atomic mass is 32.2. The molecule has 0 amide bonds. The molecule has 0 N–H and O–H groups in total. The molecule has 0 unspecified atom stereocenters. The smallest absolute Gasteiger partial charge is 0.227 e. The zero-order valence-corrected chi connectivity index (χ0v) is 13.8. The number of methoxy groups -OCH3 is 1. The number of ether oxygens (including phenoxy) is 1. The quantitative estimate of drug-likeness (QED) is 0.608. The summed E-state index contributed by atoms with van der Waals surface area (Å²) in [5, 5.41) is 4.04. The zero-order valence-electron chi connectivity index (χ0n) is 12.9. The Morgan fingerprint density at radius 3 is 2.57 bits per heavy atom. The van der Waals surface area contributed by atoms with Gasteiger partial charge in [0.1, 0.15) is 5.75 Å². The van der Waals surface area contributed by atoms with E-state index in [1.165, 1.54) is 5.56 Å².